The van der Waals surface area contributed by atoms with E-state index in [2.05, 4.69) is 33.8 Å². The summed E-state index contributed by atoms with van der Waals surface area (Å²) in [5.74, 6) is 0. The van der Waals surface area contributed by atoms with Crippen molar-refractivity contribution < 1.29 is 0 Å². The largest absolute Gasteiger partial charge is 0.0687 e. The van der Waals surface area contributed by atoms with Crippen molar-refractivity contribution in [1.29, 1.82) is 0 Å². The molecule has 0 aromatic carbocycles. The van der Waals surface area contributed by atoms with Crippen LogP contribution >= 0.6 is 7.26 Å². The second-order valence-corrected chi connectivity index (χ2v) is 8.93. The van der Waals surface area contributed by atoms with E-state index < -0.39 is 7.26 Å². The molecule has 0 aromatic rings. The highest BCUT2D eigenvalue weighted by molar-refractivity contribution is 7.74. The summed E-state index contributed by atoms with van der Waals surface area (Å²) < 4.78 is 0. The third kappa shape index (κ3) is 3.56. The van der Waals surface area contributed by atoms with E-state index in [4.69, 9.17) is 0 Å². The third-order valence-electron chi connectivity index (χ3n) is 2.19. The fraction of sp³-hybridized carbons (Fsp3) is 1.00. The van der Waals surface area contributed by atoms with Crippen molar-refractivity contribution in [2.45, 2.75) is 38.8 Å². The second-order valence-electron chi connectivity index (χ2n) is 3.97. The third-order valence-corrected chi connectivity index (χ3v) is 5.00. The summed E-state index contributed by atoms with van der Waals surface area (Å²) in [6.07, 6.45) is 4.18. The first-order valence-corrected chi connectivity index (χ1v) is 7.53. The van der Waals surface area contributed by atoms with Gasteiger partial charge in [-0.1, -0.05) is 20.3 Å². The van der Waals surface area contributed by atoms with E-state index in [1.165, 1.54) is 19.3 Å². The highest BCUT2D eigenvalue weighted by Gasteiger charge is 2.28. The molecule has 0 saturated carbocycles. The van der Waals surface area contributed by atoms with Crippen LogP contribution in [0, 0.1) is 0 Å². The van der Waals surface area contributed by atoms with Crippen LogP contribution < -0.4 is 0 Å². The maximum atomic E-state index is 2.46. The molecule has 0 spiro atoms. The van der Waals surface area contributed by atoms with Gasteiger partial charge in [-0.2, -0.15) is 0 Å². The zero-order valence-electron chi connectivity index (χ0n) is 8.15. The van der Waals surface area contributed by atoms with Crippen molar-refractivity contribution in [3.63, 3.8) is 0 Å². The van der Waals surface area contributed by atoms with Crippen molar-refractivity contribution in [3.8, 4) is 0 Å². The van der Waals surface area contributed by atoms with Gasteiger partial charge in [0.2, 0.25) is 0 Å². The summed E-state index contributed by atoms with van der Waals surface area (Å²) in [6.45, 7) is 12.0. The first-order chi connectivity index (χ1) is 4.52. The lowest BCUT2D eigenvalue weighted by Gasteiger charge is -2.22. The Morgan fingerprint density at radius 3 is 1.70 bits per heavy atom. The predicted molar refractivity (Wildman–Crippen MR) is 53.7 cm³/mol. The maximum absolute atomic E-state index is 2.46. The minimum Gasteiger partial charge on any atom is -0.0652 e. The van der Waals surface area contributed by atoms with Crippen LogP contribution in [0.25, 0.3) is 0 Å². The van der Waals surface area contributed by atoms with Crippen molar-refractivity contribution in [2.24, 2.45) is 0 Å². The van der Waals surface area contributed by atoms with Gasteiger partial charge in [0, 0.05) is 27.3 Å². The Kier molecular flexibility index (Phi) is 4.52. The van der Waals surface area contributed by atoms with E-state index in [0.29, 0.717) is 0 Å². The van der Waals surface area contributed by atoms with E-state index in [-0.39, 0.29) is 0 Å². The molecule has 1 atom stereocenters. The topological polar surface area (TPSA) is 0 Å². The molecule has 10 heavy (non-hydrogen) atoms. The Hall–Kier alpha value is 0.430. The van der Waals surface area contributed by atoms with Gasteiger partial charge in [-0.3, -0.25) is 0 Å². The molecule has 0 heterocycles. The molecule has 0 radical (unpaired) electrons. The van der Waals surface area contributed by atoms with E-state index in [0.717, 1.165) is 5.66 Å². The fourth-order valence-electron chi connectivity index (χ4n) is 1.47. The smallest absolute Gasteiger partial charge is 0.0652 e. The van der Waals surface area contributed by atoms with Crippen LogP contribution in [0.4, 0.5) is 0 Å². The Morgan fingerprint density at radius 2 is 1.60 bits per heavy atom. The van der Waals surface area contributed by atoms with Crippen molar-refractivity contribution >= 4 is 7.26 Å². The van der Waals surface area contributed by atoms with Gasteiger partial charge in [0.1, 0.15) is 0 Å². The Bertz CT molecular complexity index is 81.2. The van der Waals surface area contributed by atoms with Gasteiger partial charge in [-0.25, -0.2) is 0 Å². The van der Waals surface area contributed by atoms with E-state index in [9.17, 15) is 0 Å². The molecule has 62 valence electrons. The average molecular weight is 161 g/mol. The lowest BCUT2D eigenvalue weighted by Crippen LogP contribution is -2.09. The zero-order chi connectivity index (χ0) is 8.20. The normalized spacial score (nSPS) is 15.3. The molecule has 0 N–H and O–H groups in total. The summed E-state index contributed by atoms with van der Waals surface area (Å²) in [7, 11) is -0.542. The zero-order valence-corrected chi connectivity index (χ0v) is 9.04. The molecule has 0 rings (SSSR count). The second kappa shape index (κ2) is 4.34. The van der Waals surface area contributed by atoms with Crippen LogP contribution in [-0.2, 0) is 0 Å². The molecule has 0 fully saturated rings. The fourth-order valence-corrected chi connectivity index (χ4v) is 3.60. The molecule has 0 aliphatic carbocycles. The van der Waals surface area contributed by atoms with Crippen molar-refractivity contribution in [2.75, 3.05) is 20.0 Å². The summed E-state index contributed by atoms with van der Waals surface area (Å²) >= 11 is 0. The molecule has 0 nitrogen and oxygen atoms in total. The number of hydrogen-bond acceptors (Lipinski definition) is 0. The van der Waals surface area contributed by atoms with Gasteiger partial charge in [-0.05, 0) is 12.8 Å². The summed E-state index contributed by atoms with van der Waals surface area (Å²) in [4.78, 5) is 0. The first kappa shape index (κ1) is 10.4. The summed E-state index contributed by atoms with van der Waals surface area (Å²) in [6, 6.07) is 0. The lowest BCUT2D eigenvalue weighted by molar-refractivity contribution is 0.707. The van der Waals surface area contributed by atoms with Gasteiger partial charge in [0.05, 0.1) is 5.66 Å². The van der Waals surface area contributed by atoms with Gasteiger partial charge >= 0.3 is 0 Å². The Morgan fingerprint density at radius 1 is 1.10 bits per heavy atom. The standard InChI is InChI=1S/C9H22P/c1-6-8-9(7-2)10(3,4)5/h9H,6-8H2,1-5H3/q+1. The van der Waals surface area contributed by atoms with Crippen LogP contribution in [0.1, 0.15) is 33.1 Å². The lowest BCUT2D eigenvalue weighted by atomic mass is 10.2. The molecule has 0 bridgehead atoms. The highest BCUT2D eigenvalue weighted by Crippen LogP contribution is 2.54. The minimum absolute atomic E-state index is 0.542. The highest BCUT2D eigenvalue weighted by atomic mass is 31.2. The van der Waals surface area contributed by atoms with Crippen LogP contribution in [0.2, 0.25) is 0 Å². The van der Waals surface area contributed by atoms with Crippen LogP contribution in [0.3, 0.4) is 0 Å². The Balaban J connectivity index is 3.81. The van der Waals surface area contributed by atoms with Crippen LogP contribution in [0.15, 0.2) is 0 Å². The van der Waals surface area contributed by atoms with Gasteiger partial charge in [0.25, 0.3) is 0 Å². The molecule has 0 saturated heterocycles. The quantitative estimate of drug-likeness (QED) is 0.554. The predicted octanol–water partition coefficient (Wildman–Crippen LogP) is 3.47. The van der Waals surface area contributed by atoms with Crippen molar-refractivity contribution in [3.05, 3.63) is 0 Å². The molecule has 0 amide bonds. The summed E-state index contributed by atoms with van der Waals surface area (Å²) in [5.41, 5.74) is 1.03. The monoisotopic (exact) mass is 161 g/mol. The summed E-state index contributed by atoms with van der Waals surface area (Å²) in [5, 5.41) is 0. The maximum Gasteiger partial charge on any atom is 0.0687 e. The van der Waals surface area contributed by atoms with E-state index in [1.807, 2.05) is 0 Å². The molecule has 0 aliphatic heterocycles. The molecule has 1 heteroatoms. The van der Waals surface area contributed by atoms with E-state index in [1.54, 1.807) is 0 Å². The Labute approximate surface area is 66.7 Å². The van der Waals surface area contributed by atoms with E-state index >= 15 is 0 Å². The first-order valence-electron chi connectivity index (χ1n) is 4.33. The van der Waals surface area contributed by atoms with Gasteiger partial charge < -0.3 is 0 Å². The molecular formula is C9H22P+. The van der Waals surface area contributed by atoms with Gasteiger partial charge in [0.15, 0.2) is 0 Å². The minimum atomic E-state index is -0.542. The number of rotatable bonds is 4. The van der Waals surface area contributed by atoms with Gasteiger partial charge in [-0.15, -0.1) is 0 Å². The molecular weight excluding hydrogens is 139 g/mol. The number of hydrogen-bond donors (Lipinski definition) is 0. The molecule has 0 aliphatic rings. The molecule has 0 aromatic heterocycles. The van der Waals surface area contributed by atoms with Crippen LogP contribution in [-0.4, -0.2) is 25.7 Å². The molecule has 1 unspecified atom stereocenters. The van der Waals surface area contributed by atoms with Crippen LogP contribution in [0.5, 0.6) is 0 Å². The SMILES string of the molecule is CCCC(CC)[P+](C)(C)C. The van der Waals surface area contributed by atoms with Crippen molar-refractivity contribution in [1.82, 2.24) is 0 Å². The average Bonchev–Trinajstić information content (AvgIpc) is 1.80.